The van der Waals surface area contributed by atoms with E-state index in [9.17, 15) is 4.79 Å². The molecule has 0 aliphatic carbocycles. The Kier molecular flexibility index (Phi) is 21.4. The number of hydrogen-bond acceptors (Lipinski definition) is 4. The molecule has 1 aliphatic heterocycles. The smallest absolute Gasteiger partial charge is 0.407 e. The number of ether oxygens (including phenoxy) is 2. The number of aryl methyl sites for hydroxylation is 1. The number of hydrogen-bond donors (Lipinski definition) is 1. The summed E-state index contributed by atoms with van der Waals surface area (Å²) in [6.45, 7) is 26.7. The van der Waals surface area contributed by atoms with Crippen LogP contribution in [-0.2, 0) is 16.0 Å². The lowest BCUT2D eigenvalue weighted by molar-refractivity contribution is 0.0974. The third-order valence-corrected chi connectivity index (χ3v) is 6.55. The van der Waals surface area contributed by atoms with Gasteiger partial charge in [-0.1, -0.05) is 45.9 Å². The molecule has 1 amide bonds. The molecule has 1 aromatic carbocycles. The summed E-state index contributed by atoms with van der Waals surface area (Å²) in [4.78, 5) is 14.6. The number of likely N-dealkylation sites (tertiary alicyclic amines) is 1. The molecule has 1 heterocycles. The summed E-state index contributed by atoms with van der Waals surface area (Å²) in [5.41, 5.74) is 5.64. The van der Waals surface area contributed by atoms with Gasteiger partial charge >= 0.3 is 6.09 Å². The Bertz CT molecular complexity index is 718. The van der Waals surface area contributed by atoms with Crippen LogP contribution in [0, 0.1) is 26.7 Å². The van der Waals surface area contributed by atoms with E-state index in [4.69, 9.17) is 4.74 Å². The minimum Gasteiger partial charge on any atom is -0.447 e. The molecule has 3 unspecified atom stereocenters. The van der Waals surface area contributed by atoms with Crippen LogP contribution >= 0.6 is 0 Å². The lowest BCUT2D eigenvalue weighted by Crippen LogP contribution is -2.45. The molecule has 0 radical (unpaired) electrons. The normalized spacial score (nSPS) is 19.6. The molecule has 36 heavy (non-hydrogen) atoms. The Morgan fingerprint density at radius 3 is 2.22 bits per heavy atom. The SMILES string of the molecule is C=CCC.CC.COC.Cc1ccc(CN2CCCC(NC(=O)OC(C)C)CC(C)C2C)c(C)c1C. The maximum Gasteiger partial charge on any atom is 0.407 e. The van der Waals surface area contributed by atoms with E-state index in [1.54, 1.807) is 14.2 Å². The topological polar surface area (TPSA) is 50.8 Å². The lowest BCUT2D eigenvalue weighted by atomic mass is 9.89. The van der Waals surface area contributed by atoms with Gasteiger partial charge in [-0.3, -0.25) is 4.90 Å². The van der Waals surface area contributed by atoms with E-state index in [1.165, 1.54) is 22.3 Å². The molecule has 5 nitrogen and oxygen atoms in total. The third-order valence-electron chi connectivity index (χ3n) is 6.55. The van der Waals surface area contributed by atoms with Gasteiger partial charge in [-0.2, -0.15) is 0 Å². The summed E-state index contributed by atoms with van der Waals surface area (Å²) < 4.78 is 9.51. The summed E-state index contributed by atoms with van der Waals surface area (Å²) in [5.74, 6) is 0.515. The van der Waals surface area contributed by atoms with Gasteiger partial charge in [0.1, 0.15) is 0 Å². The fourth-order valence-electron chi connectivity index (χ4n) is 4.04. The van der Waals surface area contributed by atoms with Crippen LogP contribution in [0.15, 0.2) is 24.8 Å². The second kappa shape index (κ2) is 21.3. The van der Waals surface area contributed by atoms with Crippen molar-refractivity contribution in [1.82, 2.24) is 10.2 Å². The summed E-state index contributed by atoms with van der Waals surface area (Å²) in [6.07, 6.45) is 5.70. The van der Waals surface area contributed by atoms with Crippen molar-refractivity contribution in [1.29, 1.82) is 0 Å². The molecule has 1 aromatic rings. The zero-order valence-corrected chi connectivity index (χ0v) is 25.7. The van der Waals surface area contributed by atoms with Gasteiger partial charge in [0.05, 0.1) is 6.10 Å². The van der Waals surface area contributed by atoms with Gasteiger partial charge in [-0.15, -0.1) is 6.58 Å². The molecule has 0 saturated carbocycles. The van der Waals surface area contributed by atoms with Crippen LogP contribution in [-0.4, -0.2) is 49.9 Å². The first-order valence-corrected chi connectivity index (χ1v) is 13.8. The van der Waals surface area contributed by atoms with Gasteiger partial charge < -0.3 is 14.8 Å². The van der Waals surface area contributed by atoms with Crippen LogP contribution in [0.5, 0.6) is 0 Å². The molecular formula is C31H58N2O3. The number of carbonyl (C=O) groups is 1. The maximum absolute atomic E-state index is 12.0. The molecule has 1 saturated heterocycles. The zero-order valence-electron chi connectivity index (χ0n) is 25.7. The first-order valence-electron chi connectivity index (χ1n) is 13.8. The molecule has 1 fully saturated rings. The molecule has 2 rings (SSSR count). The van der Waals surface area contributed by atoms with Gasteiger partial charge in [0.2, 0.25) is 0 Å². The second-order valence-corrected chi connectivity index (χ2v) is 9.76. The quantitative estimate of drug-likeness (QED) is 0.411. The second-order valence-electron chi connectivity index (χ2n) is 9.76. The predicted molar refractivity (Wildman–Crippen MR) is 157 cm³/mol. The fourth-order valence-corrected chi connectivity index (χ4v) is 4.04. The third kappa shape index (κ3) is 14.6. The highest BCUT2D eigenvalue weighted by Gasteiger charge is 2.27. The molecular weight excluding hydrogens is 448 g/mol. The number of rotatable bonds is 5. The van der Waals surface area contributed by atoms with E-state index in [0.717, 1.165) is 38.8 Å². The molecule has 0 spiro atoms. The molecule has 0 bridgehead atoms. The largest absolute Gasteiger partial charge is 0.447 e. The molecule has 1 N–H and O–H groups in total. The van der Waals surface area contributed by atoms with Gasteiger partial charge in [0.15, 0.2) is 0 Å². The van der Waals surface area contributed by atoms with Crippen molar-refractivity contribution in [2.24, 2.45) is 5.92 Å². The van der Waals surface area contributed by atoms with Crippen molar-refractivity contribution in [2.45, 2.75) is 120 Å². The molecule has 3 atom stereocenters. The number of amides is 1. The van der Waals surface area contributed by atoms with E-state index in [-0.39, 0.29) is 18.2 Å². The number of benzene rings is 1. The van der Waals surface area contributed by atoms with Crippen LogP contribution in [0.2, 0.25) is 0 Å². The van der Waals surface area contributed by atoms with Gasteiger partial charge in [0, 0.05) is 32.8 Å². The standard InChI is InChI=1S/C23H38N2O2.C4H8.C2H6O.C2H6/c1-15(2)27-23(26)24-22-9-8-12-25(20(7)17(4)13-22)14-21-11-10-16(3)18(5)19(21)6;1-3-4-2;1-3-2;1-2/h10-11,15,17,20,22H,8-9,12-14H2,1-7H3,(H,24,26);3H,1,4H2,2H3;1-2H3;1-2H3. The number of alkyl carbamates (subject to hydrolysis) is 1. The number of allylic oxidation sites excluding steroid dienone is 1. The predicted octanol–water partition coefficient (Wildman–Crippen LogP) is 8.00. The summed E-state index contributed by atoms with van der Waals surface area (Å²) >= 11 is 0. The fraction of sp³-hybridized carbons (Fsp3) is 0.710. The Balaban J connectivity index is 0. The van der Waals surface area contributed by atoms with Crippen molar-refractivity contribution in [3.63, 3.8) is 0 Å². The maximum atomic E-state index is 12.0. The van der Waals surface area contributed by atoms with Crippen molar-refractivity contribution in [3.05, 3.63) is 47.0 Å². The molecule has 5 heteroatoms. The van der Waals surface area contributed by atoms with E-state index >= 15 is 0 Å². The highest BCUT2D eigenvalue weighted by Crippen LogP contribution is 2.26. The highest BCUT2D eigenvalue weighted by molar-refractivity contribution is 5.67. The number of nitrogens with zero attached hydrogens (tertiary/aromatic N) is 1. The average molecular weight is 507 g/mol. The van der Waals surface area contributed by atoms with E-state index in [1.807, 2.05) is 33.8 Å². The van der Waals surface area contributed by atoms with Crippen LogP contribution in [0.1, 0.15) is 96.4 Å². The molecule has 210 valence electrons. The van der Waals surface area contributed by atoms with E-state index in [2.05, 4.69) is 75.2 Å². The molecule has 0 aromatic heterocycles. The Morgan fingerprint density at radius 1 is 1.17 bits per heavy atom. The van der Waals surface area contributed by atoms with Gasteiger partial charge in [-0.05, 0) is 102 Å². The first kappa shape index (κ1) is 36.3. The van der Waals surface area contributed by atoms with Gasteiger partial charge in [0.25, 0.3) is 0 Å². The lowest BCUT2D eigenvalue weighted by Gasteiger charge is -2.38. The minimum absolute atomic E-state index is 0.0772. The van der Waals surface area contributed by atoms with Crippen molar-refractivity contribution in [2.75, 3.05) is 20.8 Å². The van der Waals surface area contributed by atoms with Crippen LogP contribution < -0.4 is 5.32 Å². The number of methoxy groups -OCH3 is 1. The summed E-state index contributed by atoms with van der Waals surface area (Å²) in [7, 11) is 3.25. The monoisotopic (exact) mass is 506 g/mol. The van der Waals surface area contributed by atoms with Crippen LogP contribution in [0.25, 0.3) is 0 Å². The van der Waals surface area contributed by atoms with E-state index in [0.29, 0.717) is 12.0 Å². The number of carbonyl (C=O) groups excluding carboxylic acids is 1. The molecule has 1 aliphatic rings. The summed E-state index contributed by atoms with van der Waals surface area (Å²) in [6, 6.07) is 5.23. The first-order chi connectivity index (χ1) is 17.0. The Labute approximate surface area is 224 Å². The highest BCUT2D eigenvalue weighted by atomic mass is 16.6. The average Bonchev–Trinajstić information content (AvgIpc) is 2.83. The summed E-state index contributed by atoms with van der Waals surface area (Å²) in [5, 5.41) is 3.08. The Hall–Kier alpha value is -1.85. The van der Waals surface area contributed by atoms with Gasteiger partial charge in [-0.25, -0.2) is 4.79 Å². The van der Waals surface area contributed by atoms with Crippen LogP contribution in [0.4, 0.5) is 4.79 Å². The Morgan fingerprint density at radius 2 is 1.72 bits per heavy atom. The zero-order chi connectivity index (χ0) is 28.3. The van der Waals surface area contributed by atoms with Crippen LogP contribution in [0.3, 0.4) is 0 Å². The van der Waals surface area contributed by atoms with E-state index < -0.39 is 0 Å². The van der Waals surface area contributed by atoms with Crippen molar-refractivity contribution < 1.29 is 14.3 Å². The number of nitrogens with one attached hydrogen (secondary N) is 1. The van der Waals surface area contributed by atoms with Crippen molar-refractivity contribution >= 4 is 6.09 Å². The minimum atomic E-state index is -0.280. The van der Waals surface area contributed by atoms with Crippen molar-refractivity contribution in [3.8, 4) is 0 Å².